The molecule has 174 valence electrons. The Labute approximate surface area is 206 Å². The molecule has 0 aliphatic rings. The molecule has 0 aliphatic heterocycles. The number of anilines is 1. The molecule has 0 spiro atoms. The number of carbonyl (C=O) groups is 2. The summed E-state index contributed by atoms with van der Waals surface area (Å²) < 4.78 is 13.3. The SMILES string of the molecule is CC(C)N(CC(=O)N(Cc1ccc(F)cc1)Cc1cccs1)C(=O)Nc1c(Cl)cccc1Cl. The number of benzene rings is 2. The Morgan fingerprint density at radius 3 is 2.24 bits per heavy atom. The van der Waals surface area contributed by atoms with Gasteiger partial charge in [-0.25, -0.2) is 9.18 Å². The van der Waals surface area contributed by atoms with Gasteiger partial charge < -0.3 is 15.1 Å². The zero-order valence-electron chi connectivity index (χ0n) is 18.2. The molecular weight excluding hydrogens is 484 g/mol. The molecule has 0 unspecified atom stereocenters. The largest absolute Gasteiger partial charge is 0.332 e. The first-order chi connectivity index (χ1) is 15.7. The van der Waals surface area contributed by atoms with E-state index in [4.69, 9.17) is 23.2 Å². The third-order valence-electron chi connectivity index (χ3n) is 4.95. The van der Waals surface area contributed by atoms with Gasteiger partial charge in [0.15, 0.2) is 0 Å². The van der Waals surface area contributed by atoms with Gasteiger partial charge in [-0.2, -0.15) is 0 Å². The molecule has 33 heavy (non-hydrogen) atoms. The molecule has 0 fully saturated rings. The van der Waals surface area contributed by atoms with Gasteiger partial charge in [-0.1, -0.05) is 47.5 Å². The van der Waals surface area contributed by atoms with Crippen molar-refractivity contribution >= 4 is 52.2 Å². The molecule has 0 aliphatic carbocycles. The number of rotatable bonds is 8. The number of nitrogens with zero attached hydrogens (tertiary/aromatic N) is 2. The van der Waals surface area contributed by atoms with Gasteiger partial charge in [0.1, 0.15) is 12.4 Å². The van der Waals surface area contributed by atoms with Crippen LogP contribution in [0.2, 0.25) is 10.0 Å². The van der Waals surface area contributed by atoms with E-state index in [1.54, 1.807) is 46.6 Å². The summed E-state index contributed by atoms with van der Waals surface area (Å²) in [5.41, 5.74) is 1.09. The van der Waals surface area contributed by atoms with E-state index in [1.807, 2.05) is 31.4 Å². The van der Waals surface area contributed by atoms with Crippen molar-refractivity contribution in [3.05, 3.63) is 86.3 Å². The summed E-state index contributed by atoms with van der Waals surface area (Å²) in [6.45, 7) is 4.19. The summed E-state index contributed by atoms with van der Waals surface area (Å²) in [5.74, 6) is -0.572. The Morgan fingerprint density at radius 2 is 1.67 bits per heavy atom. The van der Waals surface area contributed by atoms with Crippen LogP contribution in [0.15, 0.2) is 60.0 Å². The van der Waals surface area contributed by atoms with E-state index in [0.29, 0.717) is 28.8 Å². The monoisotopic (exact) mass is 507 g/mol. The maximum atomic E-state index is 13.3. The summed E-state index contributed by atoms with van der Waals surface area (Å²) in [5, 5.41) is 5.27. The van der Waals surface area contributed by atoms with E-state index in [-0.39, 0.29) is 24.3 Å². The topological polar surface area (TPSA) is 52.7 Å². The number of thiophene rings is 1. The van der Waals surface area contributed by atoms with Gasteiger partial charge in [0.05, 0.1) is 22.3 Å². The molecule has 3 aromatic rings. The van der Waals surface area contributed by atoms with Gasteiger partial charge >= 0.3 is 6.03 Å². The van der Waals surface area contributed by atoms with E-state index in [0.717, 1.165) is 10.4 Å². The highest BCUT2D eigenvalue weighted by atomic mass is 35.5. The summed E-state index contributed by atoms with van der Waals surface area (Å²) in [6, 6.07) is 14.1. The van der Waals surface area contributed by atoms with Crippen molar-refractivity contribution in [3.8, 4) is 0 Å². The van der Waals surface area contributed by atoms with Crippen molar-refractivity contribution in [2.45, 2.75) is 33.0 Å². The maximum Gasteiger partial charge on any atom is 0.322 e. The first kappa shape index (κ1) is 25.0. The minimum absolute atomic E-state index is 0.141. The van der Waals surface area contributed by atoms with Crippen LogP contribution in [0.25, 0.3) is 0 Å². The number of nitrogens with one attached hydrogen (secondary N) is 1. The molecule has 3 amide bonds. The number of hydrogen-bond acceptors (Lipinski definition) is 3. The van der Waals surface area contributed by atoms with Crippen LogP contribution in [0, 0.1) is 5.82 Å². The van der Waals surface area contributed by atoms with Crippen LogP contribution in [0.1, 0.15) is 24.3 Å². The zero-order valence-corrected chi connectivity index (χ0v) is 20.6. The zero-order chi connectivity index (χ0) is 24.0. The Kier molecular flexibility index (Phi) is 8.72. The van der Waals surface area contributed by atoms with Crippen molar-refractivity contribution in [3.63, 3.8) is 0 Å². The highest BCUT2D eigenvalue weighted by Gasteiger charge is 2.25. The average molecular weight is 508 g/mol. The van der Waals surface area contributed by atoms with Crippen LogP contribution in [-0.4, -0.2) is 34.3 Å². The lowest BCUT2D eigenvalue weighted by molar-refractivity contribution is -0.133. The molecule has 1 N–H and O–H groups in total. The van der Waals surface area contributed by atoms with E-state index >= 15 is 0 Å². The first-order valence-electron chi connectivity index (χ1n) is 10.3. The van der Waals surface area contributed by atoms with Gasteiger partial charge in [-0.3, -0.25) is 4.79 Å². The molecule has 0 atom stereocenters. The lowest BCUT2D eigenvalue weighted by atomic mass is 10.2. The van der Waals surface area contributed by atoms with Crippen molar-refractivity contribution in [1.82, 2.24) is 9.80 Å². The number of carbonyl (C=O) groups excluding carboxylic acids is 2. The van der Waals surface area contributed by atoms with Gasteiger partial charge in [-0.15, -0.1) is 11.3 Å². The highest BCUT2D eigenvalue weighted by Crippen LogP contribution is 2.30. The third kappa shape index (κ3) is 6.93. The van der Waals surface area contributed by atoms with Crippen molar-refractivity contribution in [2.24, 2.45) is 0 Å². The van der Waals surface area contributed by atoms with Crippen molar-refractivity contribution in [1.29, 1.82) is 0 Å². The second-order valence-electron chi connectivity index (χ2n) is 7.70. The first-order valence-corrected chi connectivity index (χ1v) is 11.9. The normalized spacial score (nSPS) is 10.8. The standard InChI is InChI=1S/C24H24Cl2FN3O2S/c1-16(2)30(24(32)28-23-20(25)6-3-7-21(23)26)15-22(31)29(14-19-5-4-12-33-19)13-17-8-10-18(27)11-9-17/h3-12,16H,13-15H2,1-2H3,(H,28,32). The lowest BCUT2D eigenvalue weighted by Crippen LogP contribution is -2.47. The predicted molar refractivity (Wildman–Crippen MR) is 132 cm³/mol. The average Bonchev–Trinajstić information content (AvgIpc) is 3.28. The number of amides is 3. The van der Waals surface area contributed by atoms with Gasteiger partial charge in [0.25, 0.3) is 0 Å². The van der Waals surface area contributed by atoms with Crippen LogP contribution in [-0.2, 0) is 17.9 Å². The number of para-hydroxylation sites is 1. The van der Waals surface area contributed by atoms with Gasteiger partial charge in [0, 0.05) is 17.5 Å². The smallest absolute Gasteiger partial charge is 0.322 e. The predicted octanol–water partition coefficient (Wildman–Crippen LogP) is 6.67. The number of urea groups is 1. The Morgan fingerprint density at radius 1 is 1.00 bits per heavy atom. The molecule has 2 aromatic carbocycles. The summed E-state index contributed by atoms with van der Waals surface area (Å²) >= 11 is 13.9. The van der Waals surface area contributed by atoms with Gasteiger partial charge in [0.2, 0.25) is 5.91 Å². The minimum atomic E-state index is -0.480. The van der Waals surface area contributed by atoms with Crippen LogP contribution < -0.4 is 5.32 Å². The van der Waals surface area contributed by atoms with Crippen LogP contribution in [0.4, 0.5) is 14.9 Å². The van der Waals surface area contributed by atoms with Crippen LogP contribution in [0.3, 0.4) is 0 Å². The Hall–Kier alpha value is -2.61. The molecule has 1 aromatic heterocycles. The number of hydrogen-bond donors (Lipinski definition) is 1. The van der Waals surface area contributed by atoms with E-state index in [1.165, 1.54) is 17.0 Å². The summed E-state index contributed by atoms with van der Waals surface area (Å²) in [4.78, 5) is 30.4. The summed E-state index contributed by atoms with van der Waals surface area (Å²) in [7, 11) is 0. The minimum Gasteiger partial charge on any atom is -0.332 e. The van der Waals surface area contributed by atoms with E-state index in [2.05, 4.69) is 5.32 Å². The van der Waals surface area contributed by atoms with E-state index in [9.17, 15) is 14.0 Å². The van der Waals surface area contributed by atoms with E-state index < -0.39 is 6.03 Å². The molecule has 0 saturated carbocycles. The number of halogens is 3. The Balaban J connectivity index is 1.77. The molecule has 0 bridgehead atoms. The third-order valence-corrected chi connectivity index (χ3v) is 6.44. The quantitative estimate of drug-likeness (QED) is 0.370. The fourth-order valence-electron chi connectivity index (χ4n) is 3.16. The summed E-state index contributed by atoms with van der Waals surface area (Å²) in [6.07, 6.45) is 0. The second-order valence-corrected chi connectivity index (χ2v) is 9.55. The van der Waals surface area contributed by atoms with Gasteiger partial charge in [-0.05, 0) is 55.1 Å². The molecule has 5 nitrogen and oxygen atoms in total. The lowest BCUT2D eigenvalue weighted by Gasteiger charge is -2.30. The van der Waals surface area contributed by atoms with Crippen molar-refractivity contribution in [2.75, 3.05) is 11.9 Å². The second kappa shape index (κ2) is 11.5. The molecule has 0 radical (unpaired) electrons. The maximum absolute atomic E-state index is 13.3. The molecule has 0 saturated heterocycles. The highest BCUT2D eigenvalue weighted by molar-refractivity contribution is 7.09. The molecule has 3 rings (SSSR count). The molecule has 1 heterocycles. The van der Waals surface area contributed by atoms with Crippen LogP contribution >= 0.6 is 34.5 Å². The van der Waals surface area contributed by atoms with Crippen molar-refractivity contribution < 1.29 is 14.0 Å². The molecular formula is C24H24Cl2FN3O2S. The fourth-order valence-corrected chi connectivity index (χ4v) is 4.38. The molecule has 9 heteroatoms. The van der Waals surface area contributed by atoms with Crippen LogP contribution in [0.5, 0.6) is 0 Å². The fraction of sp³-hybridized carbons (Fsp3) is 0.250. The Bertz CT molecular complexity index is 1070.